The van der Waals surface area contributed by atoms with E-state index >= 15 is 0 Å². The molecular weight excluding hydrogens is 264 g/mol. The molecule has 1 fully saturated rings. The number of aromatic nitrogens is 2. The number of amides is 1. The smallest absolute Gasteiger partial charge is 0.274 e. The Kier molecular flexibility index (Phi) is 5.53. The first-order valence-electron chi connectivity index (χ1n) is 7.91. The van der Waals surface area contributed by atoms with Crippen molar-refractivity contribution in [1.82, 2.24) is 14.9 Å². The number of rotatable bonds is 5. The summed E-state index contributed by atoms with van der Waals surface area (Å²) in [4.78, 5) is 22.8. The second-order valence-corrected chi connectivity index (χ2v) is 6.39. The lowest BCUT2D eigenvalue weighted by Gasteiger charge is -2.30. The van der Waals surface area contributed by atoms with Crippen molar-refractivity contribution < 1.29 is 4.79 Å². The van der Waals surface area contributed by atoms with Crippen molar-refractivity contribution in [3.63, 3.8) is 0 Å². The molecule has 1 aliphatic rings. The maximum Gasteiger partial charge on any atom is 0.274 e. The summed E-state index contributed by atoms with van der Waals surface area (Å²) >= 11 is 0. The van der Waals surface area contributed by atoms with Gasteiger partial charge >= 0.3 is 0 Å². The minimum atomic E-state index is 0.00257. The molecule has 5 heteroatoms. The van der Waals surface area contributed by atoms with Gasteiger partial charge in [-0.15, -0.1) is 0 Å². The molecule has 1 N–H and O–H groups in total. The predicted octanol–water partition coefficient (Wildman–Crippen LogP) is 2.81. The molecule has 1 aromatic heterocycles. The standard InChI is InChI=1S/C16H26N4O/c1-12(2)6-7-17-15-10-18-14(9-19-15)16(21)20-8-4-5-13(3)11-20/h9-10,12-13H,4-8,11H2,1-3H3,(H,17,19). The van der Waals surface area contributed by atoms with E-state index in [1.807, 2.05) is 4.90 Å². The molecule has 1 saturated heterocycles. The van der Waals surface area contributed by atoms with E-state index in [2.05, 4.69) is 36.1 Å². The van der Waals surface area contributed by atoms with Gasteiger partial charge in [0.05, 0.1) is 12.4 Å². The molecule has 0 saturated carbocycles. The molecule has 2 heterocycles. The molecule has 0 bridgehead atoms. The summed E-state index contributed by atoms with van der Waals surface area (Å²) in [5.74, 6) is 1.97. The quantitative estimate of drug-likeness (QED) is 0.906. The van der Waals surface area contributed by atoms with Gasteiger partial charge < -0.3 is 10.2 Å². The van der Waals surface area contributed by atoms with Crippen molar-refractivity contribution in [3.8, 4) is 0 Å². The van der Waals surface area contributed by atoms with Crippen LogP contribution in [0.2, 0.25) is 0 Å². The van der Waals surface area contributed by atoms with Crippen LogP contribution in [0.4, 0.5) is 5.82 Å². The van der Waals surface area contributed by atoms with E-state index in [-0.39, 0.29) is 5.91 Å². The van der Waals surface area contributed by atoms with E-state index in [4.69, 9.17) is 0 Å². The lowest BCUT2D eigenvalue weighted by Crippen LogP contribution is -2.39. The van der Waals surface area contributed by atoms with Gasteiger partial charge in [-0.05, 0) is 31.1 Å². The van der Waals surface area contributed by atoms with E-state index in [1.165, 1.54) is 6.42 Å². The zero-order valence-corrected chi connectivity index (χ0v) is 13.3. The second-order valence-electron chi connectivity index (χ2n) is 6.39. The average Bonchev–Trinajstić information content (AvgIpc) is 2.47. The van der Waals surface area contributed by atoms with Gasteiger partial charge in [0.25, 0.3) is 5.91 Å². The summed E-state index contributed by atoms with van der Waals surface area (Å²) in [6.45, 7) is 9.10. The first kappa shape index (κ1) is 15.7. The first-order valence-corrected chi connectivity index (χ1v) is 7.91. The third-order valence-corrected chi connectivity index (χ3v) is 3.84. The molecule has 5 nitrogen and oxygen atoms in total. The minimum absolute atomic E-state index is 0.00257. The number of piperidine rings is 1. The van der Waals surface area contributed by atoms with Gasteiger partial charge in [0.15, 0.2) is 0 Å². The van der Waals surface area contributed by atoms with E-state index in [1.54, 1.807) is 12.4 Å². The van der Waals surface area contributed by atoms with Gasteiger partial charge in [-0.25, -0.2) is 9.97 Å². The maximum atomic E-state index is 12.4. The number of hydrogen-bond donors (Lipinski definition) is 1. The Morgan fingerprint density at radius 3 is 2.86 bits per heavy atom. The fourth-order valence-corrected chi connectivity index (χ4v) is 2.55. The van der Waals surface area contributed by atoms with Crippen LogP contribution in [0.3, 0.4) is 0 Å². The molecule has 0 spiro atoms. The van der Waals surface area contributed by atoms with Crippen LogP contribution in [-0.2, 0) is 0 Å². The highest BCUT2D eigenvalue weighted by molar-refractivity contribution is 5.92. The molecule has 0 aliphatic carbocycles. The van der Waals surface area contributed by atoms with Crippen molar-refractivity contribution in [3.05, 3.63) is 18.1 Å². The molecule has 0 aromatic carbocycles. The summed E-state index contributed by atoms with van der Waals surface area (Å²) in [5.41, 5.74) is 0.443. The monoisotopic (exact) mass is 290 g/mol. The Morgan fingerprint density at radius 2 is 2.24 bits per heavy atom. The summed E-state index contributed by atoms with van der Waals surface area (Å²) in [7, 11) is 0. The number of hydrogen-bond acceptors (Lipinski definition) is 4. The Balaban J connectivity index is 1.90. The van der Waals surface area contributed by atoms with Crippen molar-refractivity contribution in [2.45, 2.75) is 40.0 Å². The lowest BCUT2D eigenvalue weighted by atomic mass is 10.0. The summed E-state index contributed by atoms with van der Waals surface area (Å²) < 4.78 is 0. The highest BCUT2D eigenvalue weighted by Gasteiger charge is 2.22. The van der Waals surface area contributed by atoms with E-state index < -0.39 is 0 Å². The van der Waals surface area contributed by atoms with Crippen molar-refractivity contribution in [2.24, 2.45) is 11.8 Å². The third kappa shape index (κ3) is 4.69. The summed E-state index contributed by atoms with van der Waals surface area (Å²) in [6.07, 6.45) is 6.61. The normalized spacial score (nSPS) is 18.9. The third-order valence-electron chi connectivity index (χ3n) is 3.84. The highest BCUT2D eigenvalue weighted by Crippen LogP contribution is 2.17. The van der Waals surface area contributed by atoms with Crippen molar-refractivity contribution >= 4 is 11.7 Å². The molecule has 1 amide bonds. The van der Waals surface area contributed by atoms with Crippen LogP contribution in [0.25, 0.3) is 0 Å². The Morgan fingerprint density at radius 1 is 1.43 bits per heavy atom. The lowest BCUT2D eigenvalue weighted by molar-refractivity contribution is 0.0676. The molecule has 1 unspecified atom stereocenters. The van der Waals surface area contributed by atoms with E-state index in [0.717, 1.165) is 38.3 Å². The number of carbonyl (C=O) groups excluding carboxylic acids is 1. The number of carbonyl (C=O) groups is 1. The SMILES string of the molecule is CC(C)CCNc1cnc(C(=O)N2CCCC(C)C2)cn1. The summed E-state index contributed by atoms with van der Waals surface area (Å²) in [6, 6.07) is 0. The zero-order valence-electron chi connectivity index (χ0n) is 13.3. The van der Waals surface area contributed by atoms with Crippen molar-refractivity contribution in [1.29, 1.82) is 0 Å². The molecule has 1 atom stereocenters. The topological polar surface area (TPSA) is 58.1 Å². The van der Waals surface area contributed by atoms with Gasteiger partial charge in [0, 0.05) is 19.6 Å². The number of nitrogens with zero attached hydrogens (tertiary/aromatic N) is 3. The Bertz CT molecular complexity index is 458. The number of likely N-dealkylation sites (tertiary alicyclic amines) is 1. The van der Waals surface area contributed by atoms with Crippen LogP contribution in [0, 0.1) is 11.8 Å². The minimum Gasteiger partial charge on any atom is -0.369 e. The van der Waals surface area contributed by atoms with E-state index in [0.29, 0.717) is 17.5 Å². The zero-order chi connectivity index (χ0) is 15.2. The van der Waals surface area contributed by atoms with Crippen LogP contribution in [0.15, 0.2) is 12.4 Å². The van der Waals surface area contributed by atoms with Crippen LogP contribution >= 0.6 is 0 Å². The predicted molar refractivity (Wildman–Crippen MR) is 84.3 cm³/mol. The van der Waals surface area contributed by atoms with Crippen LogP contribution in [-0.4, -0.2) is 40.4 Å². The Hall–Kier alpha value is -1.65. The van der Waals surface area contributed by atoms with Crippen LogP contribution < -0.4 is 5.32 Å². The average molecular weight is 290 g/mol. The van der Waals surface area contributed by atoms with Crippen molar-refractivity contribution in [2.75, 3.05) is 25.0 Å². The molecule has 1 aliphatic heterocycles. The van der Waals surface area contributed by atoms with Gasteiger partial charge in [0.1, 0.15) is 11.5 Å². The first-order chi connectivity index (χ1) is 10.1. The number of anilines is 1. The van der Waals surface area contributed by atoms with Crippen LogP contribution in [0.5, 0.6) is 0 Å². The number of nitrogens with one attached hydrogen (secondary N) is 1. The van der Waals surface area contributed by atoms with Gasteiger partial charge in [-0.1, -0.05) is 20.8 Å². The molecule has 116 valence electrons. The van der Waals surface area contributed by atoms with E-state index in [9.17, 15) is 4.79 Å². The Labute approximate surface area is 127 Å². The molecular formula is C16H26N4O. The molecule has 0 radical (unpaired) electrons. The van der Waals surface area contributed by atoms with Gasteiger partial charge in [-0.2, -0.15) is 0 Å². The fourth-order valence-electron chi connectivity index (χ4n) is 2.55. The summed E-state index contributed by atoms with van der Waals surface area (Å²) in [5, 5.41) is 3.23. The second kappa shape index (κ2) is 7.38. The molecule has 21 heavy (non-hydrogen) atoms. The van der Waals surface area contributed by atoms with Gasteiger partial charge in [0.2, 0.25) is 0 Å². The largest absolute Gasteiger partial charge is 0.369 e. The maximum absolute atomic E-state index is 12.4. The fraction of sp³-hybridized carbons (Fsp3) is 0.688. The van der Waals surface area contributed by atoms with Gasteiger partial charge in [-0.3, -0.25) is 4.79 Å². The van der Waals surface area contributed by atoms with Crippen LogP contribution in [0.1, 0.15) is 50.5 Å². The molecule has 1 aromatic rings. The molecule has 2 rings (SSSR count). The highest BCUT2D eigenvalue weighted by atomic mass is 16.2.